The predicted molar refractivity (Wildman–Crippen MR) is 69.2 cm³/mol. The first-order valence-electron chi connectivity index (χ1n) is 6.50. The number of nitrogens with one attached hydrogen (secondary N) is 1. The van der Waals surface area contributed by atoms with Crippen molar-refractivity contribution in [1.29, 1.82) is 0 Å². The van der Waals surface area contributed by atoms with E-state index in [1.54, 1.807) is 16.9 Å². The summed E-state index contributed by atoms with van der Waals surface area (Å²) in [4.78, 5) is 11.8. The summed E-state index contributed by atoms with van der Waals surface area (Å²) < 4.78 is 1.55. The molecule has 1 saturated carbocycles. The predicted octanol–water partition coefficient (Wildman–Crippen LogP) is 2.11. The molecule has 4 heteroatoms. The molecule has 0 aliphatic heterocycles. The monoisotopic (exact) mass is 235 g/mol. The van der Waals surface area contributed by atoms with E-state index in [0.717, 1.165) is 24.6 Å². The van der Waals surface area contributed by atoms with Gasteiger partial charge in [0, 0.05) is 19.2 Å². The fourth-order valence-corrected chi connectivity index (χ4v) is 1.68. The second-order valence-corrected chi connectivity index (χ2v) is 5.10. The molecule has 0 aromatic carbocycles. The van der Waals surface area contributed by atoms with Crippen LogP contribution in [0.15, 0.2) is 17.1 Å². The zero-order chi connectivity index (χ0) is 12.3. The Balaban J connectivity index is 1.97. The molecule has 2 rings (SSSR count). The maximum atomic E-state index is 11.8. The molecule has 1 N–H and O–H groups in total. The maximum absolute atomic E-state index is 11.8. The average Bonchev–Trinajstić information content (AvgIpc) is 3.13. The van der Waals surface area contributed by atoms with Crippen LogP contribution in [0.25, 0.3) is 0 Å². The van der Waals surface area contributed by atoms with Gasteiger partial charge in [0.15, 0.2) is 0 Å². The van der Waals surface area contributed by atoms with Crippen molar-refractivity contribution in [2.45, 2.75) is 39.7 Å². The molecule has 0 bridgehead atoms. The molecule has 17 heavy (non-hydrogen) atoms. The topological polar surface area (TPSA) is 46.9 Å². The lowest BCUT2D eigenvalue weighted by atomic mass is 10.1. The van der Waals surface area contributed by atoms with Crippen LogP contribution in [0.4, 0.5) is 5.69 Å². The van der Waals surface area contributed by atoms with Gasteiger partial charge in [-0.2, -0.15) is 5.10 Å². The molecule has 1 atom stereocenters. The Morgan fingerprint density at radius 2 is 2.35 bits per heavy atom. The molecule has 1 aliphatic rings. The Hall–Kier alpha value is -1.32. The minimum Gasteiger partial charge on any atom is -0.383 e. The molecule has 0 amide bonds. The van der Waals surface area contributed by atoms with E-state index in [9.17, 15) is 4.79 Å². The second kappa shape index (κ2) is 5.34. The molecule has 4 nitrogen and oxygen atoms in total. The smallest absolute Gasteiger partial charge is 0.268 e. The minimum atomic E-state index is -0.00824. The summed E-state index contributed by atoms with van der Waals surface area (Å²) in [7, 11) is 0. The second-order valence-electron chi connectivity index (χ2n) is 5.10. The highest BCUT2D eigenvalue weighted by molar-refractivity contribution is 5.38. The number of rotatable bonds is 6. The van der Waals surface area contributed by atoms with Gasteiger partial charge in [0.1, 0.15) is 0 Å². The lowest BCUT2D eigenvalue weighted by molar-refractivity contribution is 0.424. The van der Waals surface area contributed by atoms with Gasteiger partial charge in [-0.05, 0) is 24.7 Å². The van der Waals surface area contributed by atoms with Crippen LogP contribution in [0.5, 0.6) is 0 Å². The summed E-state index contributed by atoms with van der Waals surface area (Å²) in [5.74, 6) is 1.29. The molecule has 94 valence electrons. The van der Waals surface area contributed by atoms with Crippen LogP contribution in [0.2, 0.25) is 0 Å². The summed E-state index contributed by atoms with van der Waals surface area (Å²) >= 11 is 0. The molecule has 1 aromatic rings. The summed E-state index contributed by atoms with van der Waals surface area (Å²) in [6.07, 6.45) is 5.44. The van der Waals surface area contributed by atoms with Gasteiger partial charge in [0.25, 0.3) is 5.56 Å². The van der Waals surface area contributed by atoms with Gasteiger partial charge in [-0.1, -0.05) is 20.3 Å². The first-order chi connectivity index (χ1) is 8.19. The van der Waals surface area contributed by atoms with Gasteiger partial charge in [-0.3, -0.25) is 4.79 Å². The van der Waals surface area contributed by atoms with Gasteiger partial charge in [0.2, 0.25) is 0 Å². The number of anilines is 1. The van der Waals surface area contributed by atoms with Crippen LogP contribution in [0.3, 0.4) is 0 Å². The molecule has 1 fully saturated rings. The molecule has 0 saturated heterocycles. The zero-order valence-corrected chi connectivity index (χ0v) is 10.6. The van der Waals surface area contributed by atoms with E-state index in [1.807, 2.05) is 0 Å². The van der Waals surface area contributed by atoms with E-state index in [0.29, 0.717) is 12.5 Å². The fourth-order valence-electron chi connectivity index (χ4n) is 1.68. The molecule has 0 spiro atoms. The zero-order valence-electron chi connectivity index (χ0n) is 10.6. The molecular formula is C13H21N3O. The standard InChI is InChI=1S/C13H21N3O/c1-3-10(2)9-16-13(17)6-12(8-15-16)14-7-11-4-5-11/h6,8,10-11,14H,3-5,7,9H2,1-2H3. The van der Waals surface area contributed by atoms with Crippen LogP contribution in [0, 0.1) is 11.8 Å². The van der Waals surface area contributed by atoms with Gasteiger partial charge in [0.05, 0.1) is 11.9 Å². The lowest BCUT2D eigenvalue weighted by Crippen LogP contribution is -2.25. The minimum absolute atomic E-state index is 0.00824. The first kappa shape index (κ1) is 12.1. The number of hydrogen-bond donors (Lipinski definition) is 1. The van der Waals surface area contributed by atoms with Crippen molar-refractivity contribution in [2.24, 2.45) is 11.8 Å². The Labute approximate surface area is 102 Å². The summed E-state index contributed by atoms with van der Waals surface area (Å²) in [6.45, 7) is 5.93. The van der Waals surface area contributed by atoms with E-state index < -0.39 is 0 Å². The highest BCUT2D eigenvalue weighted by Gasteiger charge is 2.20. The molecule has 1 aromatic heterocycles. The fraction of sp³-hybridized carbons (Fsp3) is 0.692. The largest absolute Gasteiger partial charge is 0.383 e. The van der Waals surface area contributed by atoms with Gasteiger partial charge in [-0.25, -0.2) is 4.68 Å². The van der Waals surface area contributed by atoms with Crippen molar-refractivity contribution in [1.82, 2.24) is 9.78 Å². The number of hydrogen-bond acceptors (Lipinski definition) is 3. The van der Waals surface area contributed by atoms with Crippen LogP contribution < -0.4 is 10.9 Å². The Morgan fingerprint density at radius 3 is 2.94 bits per heavy atom. The number of aromatic nitrogens is 2. The van der Waals surface area contributed by atoms with Crippen LogP contribution >= 0.6 is 0 Å². The molecule has 0 radical (unpaired) electrons. The van der Waals surface area contributed by atoms with Crippen molar-refractivity contribution in [3.63, 3.8) is 0 Å². The molecular weight excluding hydrogens is 214 g/mol. The SMILES string of the molecule is CCC(C)Cn1ncc(NCC2CC2)cc1=O. The van der Waals surface area contributed by atoms with Crippen molar-refractivity contribution in [2.75, 3.05) is 11.9 Å². The van der Waals surface area contributed by atoms with E-state index in [2.05, 4.69) is 24.3 Å². The van der Waals surface area contributed by atoms with Crippen molar-refractivity contribution in [3.05, 3.63) is 22.6 Å². The third-order valence-corrected chi connectivity index (χ3v) is 3.34. The third kappa shape index (κ3) is 3.58. The maximum Gasteiger partial charge on any atom is 0.268 e. The Bertz CT molecular complexity index is 423. The van der Waals surface area contributed by atoms with E-state index in [4.69, 9.17) is 0 Å². The normalized spacial score (nSPS) is 16.8. The van der Waals surface area contributed by atoms with Gasteiger partial charge in [-0.15, -0.1) is 0 Å². The highest BCUT2D eigenvalue weighted by Crippen LogP contribution is 2.28. The molecule has 1 aliphatic carbocycles. The van der Waals surface area contributed by atoms with Gasteiger partial charge < -0.3 is 5.32 Å². The van der Waals surface area contributed by atoms with E-state index in [-0.39, 0.29) is 5.56 Å². The van der Waals surface area contributed by atoms with Crippen LogP contribution in [0.1, 0.15) is 33.1 Å². The van der Waals surface area contributed by atoms with Gasteiger partial charge >= 0.3 is 0 Å². The van der Waals surface area contributed by atoms with E-state index >= 15 is 0 Å². The van der Waals surface area contributed by atoms with Crippen molar-refractivity contribution >= 4 is 5.69 Å². The molecule has 1 heterocycles. The summed E-state index contributed by atoms with van der Waals surface area (Å²) in [5.41, 5.74) is 0.841. The lowest BCUT2D eigenvalue weighted by Gasteiger charge is -2.11. The first-order valence-corrected chi connectivity index (χ1v) is 6.50. The Kier molecular flexibility index (Phi) is 3.82. The average molecular weight is 235 g/mol. The summed E-state index contributed by atoms with van der Waals surface area (Å²) in [6, 6.07) is 1.65. The quantitative estimate of drug-likeness (QED) is 0.821. The van der Waals surface area contributed by atoms with Crippen molar-refractivity contribution < 1.29 is 0 Å². The highest BCUT2D eigenvalue weighted by atomic mass is 16.1. The van der Waals surface area contributed by atoms with Crippen molar-refractivity contribution in [3.8, 4) is 0 Å². The molecule has 1 unspecified atom stereocenters. The Morgan fingerprint density at radius 1 is 1.59 bits per heavy atom. The number of nitrogens with zero attached hydrogens (tertiary/aromatic N) is 2. The van der Waals surface area contributed by atoms with Crippen LogP contribution in [-0.4, -0.2) is 16.3 Å². The summed E-state index contributed by atoms with van der Waals surface area (Å²) in [5, 5.41) is 7.47. The third-order valence-electron chi connectivity index (χ3n) is 3.34. The van der Waals surface area contributed by atoms with Crippen LogP contribution in [-0.2, 0) is 6.54 Å². The van der Waals surface area contributed by atoms with E-state index in [1.165, 1.54) is 12.8 Å².